The van der Waals surface area contributed by atoms with Crippen LogP contribution < -0.4 is 10.1 Å². The molecule has 0 atom stereocenters. The second-order valence-electron chi connectivity index (χ2n) is 6.25. The van der Waals surface area contributed by atoms with Crippen molar-refractivity contribution in [2.24, 2.45) is 5.41 Å². The fourth-order valence-corrected chi connectivity index (χ4v) is 2.86. The molecule has 1 fully saturated rings. The highest BCUT2D eigenvalue weighted by Gasteiger charge is 2.53. The quantitative estimate of drug-likeness (QED) is 0.810. The molecule has 0 aliphatic heterocycles. The first-order chi connectivity index (χ1) is 10.3. The zero-order valence-electron chi connectivity index (χ0n) is 12.7. The Hall–Kier alpha value is -1.69. The SMILES string of the molecule is CC(C)(C(=O)O)C1(NCc2cccc(OC(F)F)c2)CCC1. The third-order valence-electron chi connectivity index (χ3n) is 4.69. The maximum absolute atomic E-state index is 12.2. The topological polar surface area (TPSA) is 58.6 Å². The van der Waals surface area contributed by atoms with Gasteiger partial charge in [0.05, 0.1) is 5.41 Å². The van der Waals surface area contributed by atoms with Crippen LogP contribution in [0.4, 0.5) is 8.78 Å². The van der Waals surface area contributed by atoms with Gasteiger partial charge in [-0.05, 0) is 50.8 Å². The number of rotatable bonds is 7. The van der Waals surface area contributed by atoms with Gasteiger partial charge in [-0.15, -0.1) is 0 Å². The number of aliphatic carboxylic acids is 1. The Morgan fingerprint density at radius 1 is 1.45 bits per heavy atom. The van der Waals surface area contributed by atoms with E-state index in [0.717, 1.165) is 24.8 Å². The summed E-state index contributed by atoms with van der Waals surface area (Å²) in [6, 6.07) is 6.45. The third kappa shape index (κ3) is 3.21. The smallest absolute Gasteiger partial charge is 0.387 e. The van der Waals surface area contributed by atoms with Crippen LogP contribution in [-0.4, -0.2) is 23.2 Å². The number of ether oxygens (including phenoxy) is 1. The summed E-state index contributed by atoms with van der Waals surface area (Å²) >= 11 is 0. The monoisotopic (exact) mass is 313 g/mol. The van der Waals surface area contributed by atoms with Gasteiger partial charge in [-0.3, -0.25) is 4.79 Å². The molecule has 1 aliphatic rings. The molecule has 6 heteroatoms. The van der Waals surface area contributed by atoms with Crippen molar-refractivity contribution in [3.63, 3.8) is 0 Å². The summed E-state index contributed by atoms with van der Waals surface area (Å²) in [5.41, 5.74) is -0.564. The van der Waals surface area contributed by atoms with E-state index < -0.39 is 23.5 Å². The summed E-state index contributed by atoms with van der Waals surface area (Å²) in [4.78, 5) is 11.5. The standard InChI is InChI=1S/C16H21F2NO3/c1-15(2,13(20)21)16(7-4-8-16)19-10-11-5-3-6-12(9-11)22-14(17)18/h3,5-6,9,14,19H,4,7-8,10H2,1-2H3,(H,20,21). The van der Waals surface area contributed by atoms with Crippen LogP contribution in [0.15, 0.2) is 24.3 Å². The first-order valence-corrected chi connectivity index (χ1v) is 7.29. The van der Waals surface area contributed by atoms with E-state index in [2.05, 4.69) is 10.1 Å². The van der Waals surface area contributed by atoms with Crippen LogP contribution in [0.2, 0.25) is 0 Å². The second kappa shape index (κ2) is 6.20. The molecule has 0 radical (unpaired) electrons. The van der Waals surface area contributed by atoms with E-state index in [0.29, 0.717) is 6.54 Å². The minimum Gasteiger partial charge on any atom is -0.481 e. The Balaban J connectivity index is 2.07. The molecule has 1 saturated carbocycles. The van der Waals surface area contributed by atoms with E-state index in [4.69, 9.17) is 0 Å². The molecule has 1 aromatic carbocycles. The Kier molecular flexibility index (Phi) is 4.70. The molecule has 0 amide bonds. The minimum absolute atomic E-state index is 0.106. The largest absolute Gasteiger partial charge is 0.481 e. The van der Waals surface area contributed by atoms with Crippen molar-refractivity contribution in [1.82, 2.24) is 5.32 Å². The van der Waals surface area contributed by atoms with E-state index in [-0.39, 0.29) is 5.75 Å². The molecule has 0 bridgehead atoms. The van der Waals surface area contributed by atoms with Gasteiger partial charge in [0.25, 0.3) is 0 Å². The van der Waals surface area contributed by atoms with Gasteiger partial charge in [-0.1, -0.05) is 12.1 Å². The number of carbonyl (C=O) groups is 1. The number of carboxylic acids is 1. The Morgan fingerprint density at radius 2 is 2.14 bits per heavy atom. The summed E-state index contributed by atoms with van der Waals surface area (Å²) < 4.78 is 28.8. The number of benzene rings is 1. The molecule has 1 aromatic rings. The van der Waals surface area contributed by atoms with Crippen molar-refractivity contribution in [2.45, 2.75) is 51.8 Å². The van der Waals surface area contributed by atoms with Crippen LogP contribution >= 0.6 is 0 Å². The molecular weight excluding hydrogens is 292 g/mol. The van der Waals surface area contributed by atoms with Gasteiger partial charge in [0.15, 0.2) is 0 Å². The van der Waals surface area contributed by atoms with Crippen molar-refractivity contribution in [2.75, 3.05) is 0 Å². The van der Waals surface area contributed by atoms with Crippen molar-refractivity contribution >= 4 is 5.97 Å². The van der Waals surface area contributed by atoms with E-state index in [1.54, 1.807) is 32.0 Å². The molecule has 1 aliphatic carbocycles. The Morgan fingerprint density at radius 3 is 2.64 bits per heavy atom. The van der Waals surface area contributed by atoms with Gasteiger partial charge in [0.2, 0.25) is 0 Å². The Labute approximate surface area is 128 Å². The lowest BCUT2D eigenvalue weighted by molar-refractivity contribution is -0.155. The van der Waals surface area contributed by atoms with Gasteiger partial charge < -0.3 is 15.2 Å². The minimum atomic E-state index is -2.85. The number of hydrogen-bond acceptors (Lipinski definition) is 3. The molecule has 122 valence electrons. The molecular formula is C16H21F2NO3. The van der Waals surface area contributed by atoms with E-state index in [1.807, 2.05) is 0 Å². The number of halogens is 2. The van der Waals surface area contributed by atoms with Crippen LogP contribution in [0.25, 0.3) is 0 Å². The number of alkyl halides is 2. The van der Waals surface area contributed by atoms with Crippen molar-refractivity contribution in [3.8, 4) is 5.75 Å². The molecule has 0 heterocycles. The van der Waals surface area contributed by atoms with Gasteiger partial charge >= 0.3 is 12.6 Å². The molecule has 2 N–H and O–H groups in total. The normalized spacial score (nSPS) is 17.1. The zero-order valence-corrected chi connectivity index (χ0v) is 12.7. The third-order valence-corrected chi connectivity index (χ3v) is 4.69. The lowest BCUT2D eigenvalue weighted by Crippen LogP contribution is -2.63. The first-order valence-electron chi connectivity index (χ1n) is 7.29. The maximum Gasteiger partial charge on any atom is 0.387 e. The fraction of sp³-hybridized carbons (Fsp3) is 0.562. The molecule has 0 saturated heterocycles. The Bertz CT molecular complexity index is 542. The van der Waals surface area contributed by atoms with Gasteiger partial charge in [-0.2, -0.15) is 8.78 Å². The van der Waals surface area contributed by atoms with Crippen molar-refractivity contribution < 1.29 is 23.4 Å². The van der Waals surface area contributed by atoms with Gasteiger partial charge in [0, 0.05) is 12.1 Å². The van der Waals surface area contributed by atoms with Gasteiger partial charge in [0.1, 0.15) is 5.75 Å². The molecule has 22 heavy (non-hydrogen) atoms. The van der Waals surface area contributed by atoms with Crippen LogP contribution in [0.1, 0.15) is 38.7 Å². The molecule has 0 aromatic heterocycles. The lowest BCUT2D eigenvalue weighted by atomic mass is 9.60. The van der Waals surface area contributed by atoms with Crippen LogP contribution in [0.5, 0.6) is 5.75 Å². The van der Waals surface area contributed by atoms with E-state index in [9.17, 15) is 18.7 Å². The van der Waals surface area contributed by atoms with Crippen LogP contribution in [0.3, 0.4) is 0 Å². The first kappa shape index (κ1) is 16.7. The number of hydrogen-bond donors (Lipinski definition) is 2. The van der Waals surface area contributed by atoms with Crippen molar-refractivity contribution in [3.05, 3.63) is 29.8 Å². The molecule has 4 nitrogen and oxygen atoms in total. The average Bonchev–Trinajstić information content (AvgIpc) is 2.36. The fourth-order valence-electron chi connectivity index (χ4n) is 2.86. The summed E-state index contributed by atoms with van der Waals surface area (Å²) in [5.74, 6) is -0.732. The predicted octanol–water partition coefficient (Wildman–Crippen LogP) is 3.41. The summed E-state index contributed by atoms with van der Waals surface area (Å²) in [6.07, 6.45) is 2.57. The number of carboxylic acid groups (broad SMARTS) is 1. The summed E-state index contributed by atoms with van der Waals surface area (Å²) in [6.45, 7) is 0.999. The summed E-state index contributed by atoms with van der Waals surface area (Å²) in [7, 11) is 0. The highest BCUT2D eigenvalue weighted by Crippen LogP contribution is 2.46. The second-order valence-corrected chi connectivity index (χ2v) is 6.25. The van der Waals surface area contributed by atoms with Crippen LogP contribution in [0, 0.1) is 5.41 Å². The van der Waals surface area contributed by atoms with E-state index in [1.165, 1.54) is 6.07 Å². The highest BCUT2D eigenvalue weighted by molar-refractivity contribution is 5.76. The maximum atomic E-state index is 12.2. The predicted molar refractivity (Wildman–Crippen MR) is 77.9 cm³/mol. The lowest BCUT2D eigenvalue weighted by Gasteiger charge is -2.51. The molecule has 2 rings (SSSR count). The number of nitrogens with one attached hydrogen (secondary N) is 1. The molecule has 0 unspecified atom stereocenters. The highest BCUT2D eigenvalue weighted by atomic mass is 19.3. The van der Waals surface area contributed by atoms with E-state index >= 15 is 0 Å². The van der Waals surface area contributed by atoms with Crippen LogP contribution in [-0.2, 0) is 11.3 Å². The summed E-state index contributed by atoms with van der Waals surface area (Å²) in [5, 5.41) is 12.8. The molecule has 0 spiro atoms. The van der Waals surface area contributed by atoms with Gasteiger partial charge in [-0.25, -0.2) is 0 Å². The average molecular weight is 313 g/mol. The van der Waals surface area contributed by atoms with Crippen molar-refractivity contribution in [1.29, 1.82) is 0 Å². The zero-order chi connectivity index (χ0) is 16.4.